The smallest absolute Gasteiger partial charge is 0.299 e. The summed E-state index contributed by atoms with van der Waals surface area (Å²) in [5.41, 5.74) is 2.64. The highest BCUT2D eigenvalue weighted by atomic mass is 16.4. The second-order valence-corrected chi connectivity index (χ2v) is 8.19. The van der Waals surface area contributed by atoms with Crippen LogP contribution in [0.3, 0.4) is 0 Å². The van der Waals surface area contributed by atoms with E-state index in [2.05, 4.69) is 44.0 Å². The lowest BCUT2D eigenvalue weighted by atomic mass is 9.96. The molecule has 4 heterocycles. The summed E-state index contributed by atoms with van der Waals surface area (Å²) in [4.78, 5) is 28.5. The minimum atomic E-state index is 0.00222. The van der Waals surface area contributed by atoms with Crippen LogP contribution in [0.1, 0.15) is 18.4 Å². The number of fused-ring (bicyclic) bond motifs is 1. The van der Waals surface area contributed by atoms with Gasteiger partial charge in [0.25, 0.3) is 6.01 Å². The molecule has 7 heteroatoms. The standard InChI is InChI=1S/C23H27N5O2/c29-22(27-14-12-26(13-15-27)16-18-6-2-1-3-7-18)19-8-5-11-28(17-19)23-25-21-20(30-23)9-4-10-24-21/h1-4,6-7,9-10,19H,5,8,11-17H2. The van der Waals surface area contributed by atoms with Gasteiger partial charge in [0.1, 0.15) is 0 Å². The molecule has 0 spiro atoms. The minimum absolute atomic E-state index is 0.00222. The van der Waals surface area contributed by atoms with Crippen LogP contribution >= 0.6 is 0 Å². The van der Waals surface area contributed by atoms with E-state index >= 15 is 0 Å². The number of rotatable bonds is 4. The van der Waals surface area contributed by atoms with Crippen LogP contribution in [0.5, 0.6) is 0 Å². The lowest BCUT2D eigenvalue weighted by Crippen LogP contribution is -2.52. The van der Waals surface area contributed by atoms with E-state index in [0.29, 0.717) is 23.8 Å². The van der Waals surface area contributed by atoms with E-state index in [1.165, 1.54) is 5.56 Å². The van der Waals surface area contributed by atoms with Crippen LogP contribution in [0, 0.1) is 5.92 Å². The Hall–Kier alpha value is -2.93. The van der Waals surface area contributed by atoms with Gasteiger partial charge in [-0.15, -0.1) is 0 Å². The van der Waals surface area contributed by atoms with Gasteiger partial charge in [-0.1, -0.05) is 30.3 Å². The van der Waals surface area contributed by atoms with Gasteiger partial charge >= 0.3 is 0 Å². The molecule has 1 aromatic carbocycles. The highest BCUT2D eigenvalue weighted by Crippen LogP contribution is 2.26. The van der Waals surface area contributed by atoms with E-state index in [4.69, 9.17) is 4.42 Å². The van der Waals surface area contributed by atoms with Crippen LogP contribution in [0.2, 0.25) is 0 Å². The number of anilines is 1. The number of hydrogen-bond acceptors (Lipinski definition) is 6. The number of carbonyl (C=O) groups is 1. The first-order valence-electron chi connectivity index (χ1n) is 10.8. The maximum atomic E-state index is 13.2. The molecular formula is C23H27N5O2. The van der Waals surface area contributed by atoms with E-state index in [1.54, 1.807) is 6.20 Å². The lowest BCUT2D eigenvalue weighted by molar-refractivity contribution is -0.137. The van der Waals surface area contributed by atoms with Crippen molar-refractivity contribution >= 4 is 23.2 Å². The van der Waals surface area contributed by atoms with Crippen LogP contribution in [-0.2, 0) is 11.3 Å². The quantitative estimate of drug-likeness (QED) is 0.665. The number of hydrogen-bond donors (Lipinski definition) is 0. The average Bonchev–Trinajstić information content (AvgIpc) is 3.24. The molecule has 2 aliphatic heterocycles. The average molecular weight is 406 g/mol. The number of piperazine rings is 1. The SMILES string of the molecule is O=C(C1CCCN(c2nc3ncccc3o2)C1)N1CCN(Cc2ccccc2)CC1. The summed E-state index contributed by atoms with van der Waals surface area (Å²) in [5.74, 6) is 0.274. The zero-order valence-electron chi connectivity index (χ0n) is 17.1. The van der Waals surface area contributed by atoms with E-state index in [-0.39, 0.29) is 11.8 Å². The van der Waals surface area contributed by atoms with Crippen molar-refractivity contribution in [2.75, 3.05) is 44.2 Å². The van der Waals surface area contributed by atoms with E-state index in [9.17, 15) is 4.79 Å². The number of aromatic nitrogens is 2. The molecule has 2 saturated heterocycles. The van der Waals surface area contributed by atoms with Crippen molar-refractivity contribution in [1.82, 2.24) is 19.8 Å². The largest absolute Gasteiger partial charge is 0.422 e. The van der Waals surface area contributed by atoms with E-state index in [0.717, 1.165) is 52.1 Å². The minimum Gasteiger partial charge on any atom is -0.422 e. The maximum absolute atomic E-state index is 13.2. The molecule has 5 rings (SSSR count). The van der Waals surface area contributed by atoms with E-state index in [1.807, 2.05) is 23.1 Å². The Labute approximate surface area is 176 Å². The van der Waals surface area contributed by atoms with Crippen LogP contribution in [0.4, 0.5) is 6.01 Å². The highest BCUT2D eigenvalue weighted by molar-refractivity contribution is 5.80. The maximum Gasteiger partial charge on any atom is 0.299 e. The highest BCUT2D eigenvalue weighted by Gasteiger charge is 2.32. The first kappa shape index (κ1) is 19.1. The summed E-state index contributed by atoms with van der Waals surface area (Å²) in [7, 11) is 0. The molecule has 7 nitrogen and oxygen atoms in total. The fourth-order valence-electron chi connectivity index (χ4n) is 4.47. The molecule has 1 amide bonds. The third-order valence-corrected chi connectivity index (χ3v) is 6.13. The van der Waals surface area contributed by atoms with Crippen molar-refractivity contribution in [3.05, 3.63) is 54.2 Å². The first-order chi connectivity index (χ1) is 14.8. The van der Waals surface area contributed by atoms with Crippen molar-refractivity contribution in [2.45, 2.75) is 19.4 Å². The molecule has 1 unspecified atom stereocenters. The van der Waals surface area contributed by atoms with Gasteiger partial charge < -0.3 is 14.2 Å². The van der Waals surface area contributed by atoms with Crippen molar-refractivity contribution in [2.24, 2.45) is 5.92 Å². The van der Waals surface area contributed by atoms with Crippen molar-refractivity contribution in [3.8, 4) is 0 Å². The molecule has 0 saturated carbocycles. The monoisotopic (exact) mass is 405 g/mol. The number of benzene rings is 1. The molecule has 2 aromatic heterocycles. The van der Waals surface area contributed by atoms with Crippen LogP contribution < -0.4 is 4.90 Å². The molecule has 1 atom stereocenters. The number of carbonyl (C=O) groups excluding carboxylic acids is 1. The molecule has 0 N–H and O–H groups in total. The topological polar surface area (TPSA) is 65.7 Å². The molecule has 0 radical (unpaired) electrons. The Morgan fingerprint density at radius 1 is 1.03 bits per heavy atom. The molecule has 0 aliphatic carbocycles. The summed E-state index contributed by atoms with van der Waals surface area (Å²) >= 11 is 0. The Morgan fingerprint density at radius 2 is 1.87 bits per heavy atom. The summed E-state index contributed by atoms with van der Waals surface area (Å²) in [6, 6.07) is 14.8. The Morgan fingerprint density at radius 3 is 2.67 bits per heavy atom. The fraction of sp³-hybridized carbons (Fsp3) is 0.435. The van der Waals surface area contributed by atoms with Crippen LogP contribution in [-0.4, -0.2) is 64.9 Å². The number of piperidine rings is 1. The van der Waals surface area contributed by atoms with Gasteiger partial charge in [-0.2, -0.15) is 4.98 Å². The van der Waals surface area contributed by atoms with Gasteiger partial charge in [-0.05, 0) is 30.5 Å². The van der Waals surface area contributed by atoms with Gasteiger partial charge in [0, 0.05) is 52.0 Å². The normalized spacial score (nSPS) is 20.6. The van der Waals surface area contributed by atoms with Crippen molar-refractivity contribution < 1.29 is 9.21 Å². The van der Waals surface area contributed by atoms with Gasteiger partial charge in [-0.25, -0.2) is 4.98 Å². The predicted octanol–water partition coefficient (Wildman–Crippen LogP) is 2.78. The molecule has 0 bridgehead atoms. The molecular weight excluding hydrogens is 378 g/mol. The third-order valence-electron chi connectivity index (χ3n) is 6.13. The number of amides is 1. The lowest BCUT2D eigenvalue weighted by Gasteiger charge is -2.38. The first-order valence-corrected chi connectivity index (χ1v) is 10.8. The Balaban J connectivity index is 1.18. The molecule has 2 fully saturated rings. The summed E-state index contributed by atoms with van der Waals surface area (Å²) in [6.07, 6.45) is 3.61. The fourth-order valence-corrected chi connectivity index (χ4v) is 4.47. The van der Waals surface area contributed by atoms with Gasteiger partial charge in [0.15, 0.2) is 5.58 Å². The Kier molecular flexibility index (Phi) is 5.36. The summed E-state index contributed by atoms with van der Waals surface area (Å²) in [5, 5.41) is 0. The zero-order chi connectivity index (χ0) is 20.3. The van der Waals surface area contributed by atoms with Crippen molar-refractivity contribution in [1.29, 1.82) is 0 Å². The number of nitrogens with zero attached hydrogens (tertiary/aromatic N) is 5. The molecule has 156 valence electrons. The van der Waals surface area contributed by atoms with Gasteiger partial charge in [-0.3, -0.25) is 9.69 Å². The van der Waals surface area contributed by atoms with Gasteiger partial charge in [0.05, 0.1) is 5.92 Å². The number of pyridine rings is 1. The van der Waals surface area contributed by atoms with Crippen LogP contribution in [0.25, 0.3) is 11.2 Å². The summed E-state index contributed by atoms with van der Waals surface area (Å²) < 4.78 is 5.87. The van der Waals surface area contributed by atoms with Gasteiger partial charge in [0.2, 0.25) is 11.6 Å². The second-order valence-electron chi connectivity index (χ2n) is 8.19. The molecule has 3 aromatic rings. The number of oxazole rings is 1. The van der Waals surface area contributed by atoms with E-state index < -0.39 is 0 Å². The summed E-state index contributed by atoms with van der Waals surface area (Å²) in [6.45, 7) is 5.93. The van der Waals surface area contributed by atoms with Crippen LogP contribution in [0.15, 0.2) is 53.1 Å². The Bertz CT molecular complexity index is 964. The second kappa shape index (κ2) is 8.44. The van der Waals surface area contributed by atoms with Crippen molar-refractivity contribution in [3.63, 3.8) is 0 Å². The zero-order valence-corrected chi connectivity index (χ0v) is 17.1. The third kappa shape index (κ3) is 4.03. The molecule has 30 heavy (non-hydrogen) atoms. The molecule has 2 aliphatic rings. The predicted molar refractivity (Wildman–Crippen MR) is 115 cm³/mol.